The largest absolute Gasteiger partial charge is 0.469 e. The van der Waals surface area contributed by atoms with Crippen LogP contribution < -0.4 is 0 Å². The summed E-state index contributed by atoms with van der Waals surface area (Å²) in [5, 5.41) is 0. The molecule has 110 valence electrons. The Morgan fingerprint density at radius 2 is 2.20 bits per heavy atom. The van der Waals surface area contributed by atoms with Crippen LogP contribution in [-0.2, 0) is 9.53 Å². The van der Waals surface area contributed by atoms with Gasteiger partial charge in [0.15, 0.2) is 0 Å². The highest BCUT2D eigenvalue weighted by molar-refractivity contribution is 5.96. The predicted molar refractivity (Wildman–Crippen MR) is 73.4 cm³/mol. The van der Waals surface area contributed by atoms with Gasteiger partial charge in [-0.1, -0.05) is 0 Å². The number of hydrogen-bond acceptors (Lipinski definition) is 4. The van der Waals surface area contributed by atoms with Gasteiger partial charge in [0.2, 0.25) is 0 Å². The molecule has 0 N–H and O–H groups in total. The Balaban J connectivity index is 2.09. The summed E-state index contributed by atoms with van der Waals surface area (Å²) in [5.41, 5.74) is 1.46. The van der Waals surface area contributed by atoms with Crippen LogP contribution in [0.4, 0.5) is 0 Å². The van der Waals surface area contributed by atoms with Gasteiger partial charge in [-0.05, 0) is 33.6 Å². The fourth-order valence-corrected chi connectivity index (χ4v) is 2.66. The number of amides is 1. The molecule has 0 radical (unpaired) electrons. The Kier molecular flexibility index (Phi) is 4.47. The van der Waals surface area contributed by atoms with E-state index in [1.165, 1.54) is 0 Å². The molecule has 1 amide bonds. The van der Waals surface area contributed by atoms with Crippen LogP contribution in [0, 0.1) is 19.8 Å². The summed E-state index contributed by atoms with van der Waals surface area (Å²) in [5.74, 6) is 0.166. The monoisotopic (exact) mass is 279 g/mol. The van der Waals surface area contributed by atoms with Crippen molar-refractivity contribution in [1.29, 1.82) is 0 Å². The van der Waals surface area contributed by atoms with Gasteiger partial charge in [-0.15, -0.1) is 0 Å². The van der Waals surface area contributed by atoms with Gasteiger partial charge >= 0.3 is 5.97 Å². The molecule has 1 aromatic heterocycles. The molecule has 0 saturated carbocycles. The average molecular weight is 279 g/mol. The van der Waals surface area contributed by atoms with Crippen LogP contribution in [-0.4, -0.2) is 36.5 Å². The predicted octanol–water partition coefficient (Wildman–Crippen LogP) is 2.31. The van der Waals surface area contributed by atoms with E-state index in [4.69, 9.17) is 9.15 Å². The Morgan fingerprint density at radius 1 is 1.45 bits per heavy atom. The van der Waals surface area contributed by atoms with Crippen molar-refractivity contribution >= 4 is 11.9 Å². The molecule has 1 unspecified atom stereocenters. The molecule has 20 heavy (non-hydrogen) atoms. The van der Waals surface area contributed by atoms with E-state index < -0.39 is 0 Å². The molecule has 5 heteroatoms. The van der Waals surface area contributed by atoms with Crippen LogP contribution in [0.1, 0.15) is 41.4 Å². The van der Waals surface area contributed by atoms with Crippen molar-refractivity contribution in [3.05, 3.63) is 23.2 Å². The van der Waals surface area contributed by atoms with Crippen molar-refractivity contribution in [3.8, 4) is 0 Å². The van der Waals surface area contributed by atoms with Gasteiger partial charge in [-0.25, -0.2) is 0 Å². The third kappa shape index (κ3) is 2.86. The minimum Gasteiger partial charge on any atom is -0.469 e. The molecule has 1 atom stereocenters. The Labute approximate surface area is 118 Å². The molecule has 0 aliphatic carbocycles. The topological polar surface area (TPSA) is 59.8 Å². The normalized spacial score (nSPS) is 18.9. The molecule has 0 spiro atoms. The zero-order valence-corrected chi connectivity index (χ0v) is 12.3. The third-order valence-corrected chi connectivity index (χ3v) is 3.70. The number of aryl methyl sites for hydroxylation is 2. The first-order valence-corrected chi connectivity index (χ1v) is 7.05. The lowest BCUT2D eigenvalue weighted by molar-refractivity contribution is -0.149. The average Bonchev–Trinajstić information content (AvgIpc) is 2.78. The van der Waals surface area contributed by atoms with E-state index >= 15 is 0 Å². The first-order chi connectivity index (χ1) is 9.54. The minimum absolute atomic E-state index is 0.0530. The van der Waals surface area contributed by atoms with Gasteiger partial charge in [0.1, 0.15) is 5.76 Å². The maximum absolute atomic E-state index is 12.5. The zero-order valence-electron chi connectivity index (χ0n) is 12.3. The zero-order chi connectivity index (χ0) is 14.7. The van der Waals surface area contributed by atoms with Gasteiger partial charge in [-0.2, -0.15) is 0 Å². The van der Waals surface area contributed by atoms with E-state index in [2.05, 4.69) is 0 Å². The summed E-state index contributed by atoms with van der Waals surface area (Å²) in [6.07, 6.45) is 3.20. The molecule has 1 saturated heterocycles. The van der Waals surface area contributed by atoms with E-state index in [9.17, 15) is 9.59 Å². The number of carbonyl (C=O) groups excluding carboxylic acids is 2. The molecular formula is C15H21NO4. The van der Waals surface area contributed by atoms with Crippen LogP contribution >= 0.6 is 0 Å². The number of hydrogen-bond donors (Lipinski definition) is 0. The number of furan rings is 1. The molecule has 5 nitrogen and oxygen atoms in total. The maximum atomic E-state index is 12.5. The third-order valence-electron chi connectivity index (χ3n) is 3.70. The summed E-state index contributed by atoms with van der Waals surface area (Å²) in [7, 11) is 0. The number of esters is 1. The van der Waals surface area contributed by atoms with Crippen LogP contribution in [0.2, 0.25) is 0 Å². The second-order valence-corrected chi connectivity index (χ2v) is 5.19. The van der Waals surface area contributed by atoms with Crippen molar-refractivity contribution in [2.24, 2.45) is 5.92 Å². The number of rotatable bonds is 3. The van der Waals surface area contributed by atoms with Crippen molar-refractivity contribution in [1.82, 2.24) is 4.90 Å². The molecule has 2 heterocycles. The summed E-state index contributed by atoms with van der Waals surface area (Å²) in [4.78, 5) is 26.1. The highest BCUT2D eigenvalue weighted by atomic mass is 16.5. The fraction of sp³-hybridized carbons (Fsp3) is 0.600. The van der Waals surface area contributed by atoms with Crippen LogP contribution in [0.5, 0.6) is 0 Å². The molecule has 0 aromatic carbocycles. The van der Waals surface area contributed by atoms with Gasteiger partial charge in [-0.3, -0.25) is 9.59 Å². The molecular weight excluding hydrogens is 258 g/mol. The van der Waals surface area contributed by atoms with Gasteiger partial charge < -0.3 is 14.1 Å². The van der Waals surface area contributed by atoms with E-state index in [0.717, 1.165) is 18.4 Å². The summed E-state index contributed by atoms with van der Waals surface area (Å²) < 4.78 is 10.3. The highest BCUT2D eigenvalue weighted by Crippen LogP contribution is 2.23. The minimum atomic E-state index is -0.208. The van der Waals surface area contributed by atoms with E-state index in [-0.39, 0.29) is 17.8 Å². The van der Waals surface area contributed by atoms with Crippen molar-refractivity contribution in [2.75, 3.05) is 19.7 Å². The standard InChI is InChI=1S/C15H21NO4/c1-4-19-15(18)12-6-5-7-16(8-12)14(17)13-10(2)9-20-11(13)3/h9,12H,4-8H2,1-3H3. The van der Waals surface area contributed by atoms with Crippen molar-refractivity contribution in [3.63, 3.8) is 0 Å². The van der Waals surface area contributed by atoms with E-state index in [0.29, 0.717) is 31.0 Å². The van der Waals surface area contributed by atoms with Crippen LogP contribution in [0.25, 0.3) is 0 Å². The Bertz CT molecular complexity index is 486. The lowest BCUT2D eigenvalue weighted by Crippen LogP contribution is -2.43. The number of carbonyl (C=O) groups is 2. The Hall–Kier alpha value is -1.78. The number of ether oxygens (including phenoxy) is 1. The number of piperidine rings is 1. The number of nitrogens with zero attached hydrogens (tertiary/aromatic N) is 1. The smallest absolute Gasteiger partial charge is 0.310 e. The fourth-order valence-electron chi connectivity index (χ4n) is 2.66. The molecule has 1 fully saturated rings. The van der Waals surface area contributed by atoms with Gasteiger partial charge in [0.05, 0.1) is 24.4 Å². The first kappa shape index (κ1) is 14.6. The summed E-state index contributed by atoms with van der Waals surface area (Å²) in [6, 6.07) is 0. The second kappa shape index (κ2) is 6.11. The van der Waals surface area contributed by atoms with E-state index in [1.807, 2.05) is 6.92 Å². The molecule has 1 aliphatic heterocycles. The second-order valence-electron chi connectivity index (χ2n) is 5.19. The lowest BCUT2D eigenvalue weighted by atomic mass is 9.97. The van der Waals surface area contributed by atoms with E-state index in [1.54, 1.807) is 25.0 Å². The van der Waals surface area contributed by atoms with Crippen molar-refractivity contribution < 1.29 is 18.7 Å². The SMILES string of the molecule is CCOC(=O)C1CCCN(C(=O)c2c(C)coc2C)C1. The maximum Gasteiger partial charge on any atom is 0.310 e. The van der Waals surface area contributed by atoms with Crippen molar-refractivity contribution in [2.45, 2.75) is 33.6 Å². The van der Waals surface area contributed by atoms with Crippen LogP contribution in [0.15, 0.2) is 10.7 Å². The molecule has 1 aliphatic rings. The summed E-state index contributed by atoms with van der Waals surface area (Å²) in [6.45, 7) is 6.93. The molecule has 0 bridgehead atoms. The summed E-state index contributed by atoms with van der Waals surface area (Å²) >= 11 is 0. The Morgan fingerprint density at radius 3 is 2.80 bits per heavy atom. The first-order valence-electron chi connectivity index (χ1n) is 7.05. The van der Waals surface area contributed by atoms with Crippen LogP contribution in [0.3, 0.4) is 0 Å². The molecule has 2 rings (SSSR count). The van der Waals surface area contributed by atoms with Gasteiger partial charge in [0.25, 0.3) is 5.91 Å². The number of likely N-dealkylation sites (tertiary alicyclic amines) is 1. The molecule has 1 aromatic rings. The lowest BCUT2D eigenvalue weighted by Gasteiger charge is -2.31. The highest BCUT2D eigenvalue weighted by Gasteiger charge is 2.31. The van der Waals surface area contributed by atoms with Gasteiger partial charge in [0, 0.05) is 18.7 Å². The quantitative estimate of drug-likeness (QED) is 0.797.